The van der Waals surface area contributed by atoms with Crippen molar-refractivity contribution in [2.24, 2.45) is 0 Å². The topological polar surface area (TPSA) is 109 Å². The number of nitrogens with zero attached hydrogens (tertiary/aromatic N) is 2. The number of rotatable bonds is 5. The molecule has 0 spiro atoms. The summed E-state index contributed by atoms with van der Waals surface area (Å²) in [5.41, 5.74) is 5.87. The highest BCUT2D eigenvalue weighted by Gasteiger charge is 2.11. The van der Waals surface area contributed by atoms with Crippen molar-refractivity contribution in [3.8, 4) is 17.1 Å². The van der Waals surface area contributed by atoms with Crippen molar-refractivity contribution >= 4 is 11.9 Å². The van der Waals surface area contributed by atoms with Gasteiger partial charge < -0.3 is 9.72 Å². The van der Waals surface area contributed by atoms with Gasteiger partial charge in [0, 0.05) is 18.0 Å². The van der Waals surface area contributed by atoms with Gasteiger partial charge in [-0.1, -0.05) is 30.3 Å². The van der Waals surface area contributed by atoms with Gasteiger partial charge in [-0.15, -0.1) is 0 Å². The van der Waals surface area contributed by atoms with Crippen LogP contribution in [-0.2, 0) is 0 Å². The van der Waals surface area contributed by atoms with E-state index in [1.54, 1.807) is 12.1 Å². The summed E-state index contributed by atoms with van der Waals surface area (Å²) in [5, 5.41) is 0. The molecule has 2 aromatic heterocycles. The summed E-state index contributed by atoms with van der Waals surface area (Å²) in [4.78, 5) is 34.9. The Kier molecular flexibility index (Phi) is 4.70. The lowest BCUT2D eigenvalue weighted by Gasteiger charge is -2.08. The molecule has 8 heteroatoms. The lowest BCUT2D eigenvalue weighted by Crippen LogP contribution is -2.34. The Labute approximate surface area is 142 Å². The van der Waals surface area contributed by atoms with E-state index in [1.165, 1.54) is 19.4 Å². The van der Waals surface area contributed by atoms with E-state index in [1.807, 2.05) is 30.3 Å². The van der Waals surface area contributed by atoms with E-state index in [9.17, 15) is 9.59 Å². The number of pyridine rings is 1. The molecule has 0 bridgehead atoms. The number of H-pyrrole nitrogens is 1. The van der Waals surface area contributed by atoms with Gasteiger partial charge in [-0.2, -0.15) is 4.98 Å². The number of nitrogens with one attached hydrogen (secondary N) is 3. The third kappa shape index (κ3) is 3.81. The minimum absolute atomic E-state index is 0.0323. The number of amides is 1. The molecular formula is C17H15N5O3. The summed E-state index contributed by atoms with van der Waals surface area (Å²) in [6, 6.07) is 14.1. The first-order chi connectivity index (χ1) is 12.2. The fraction of sp³-hybridized carbons (Fsp3) is 0.0588. The molecule has 0 radical (unpaired) electrons. The van der Waals surface area contributed by atoms with Crippen LogP contribution in [0.3, 0.4) is 0 Å². The van der Waals surface area contributed by atoms with Crippen LogP contribution in [-0.4, -0.2) is 28.0 Å². The van der Waals surface area contributed by atoms with Crippen LogP contribution in [0.25, 0.3) is 11.3 Å². The summed E-state index contributed by atoms with van der Waals surface area (Å²) < 4.78 is 4.96. The van der Waals surface area contributed by atoms with E-state index < -0.39 is 11.5 Å². The minimum atomic E-state index is -0.604. The number of anilines is 1. The number of methoxy groups -OCH3 is 1. The summed E-state index contributed by atoms with van der Waals surface area (Å²) in [5.74, 6) is -0.117. The van der Waals surface area contributed by atoms with Crippen molar-refractivity contribution in [2.45, 2.75) is 0 Å². The van der Waals surface area contributed by atoms with Crippen molar-refractivity contribution in [3.63, 3.8) is 0 Å². The van der Waals surface area contributed by atoms with Crippen LogP contribution in [0, 0.1) is 0 Å². The zero-order chi connectivity index (χ0) is 17.6. The molecule has 0 fully saturated rings. The lowest BCUT2D eigenvalue weighted by molar-refractivity contribution is 0.0960. The number of carbonyl (C=O) groups is 1. The Balaban J connectivity index is 1.73. The molecule has 25 heavy (non-hydrogen) atoms. The number of benzene rings is 1. The molecular weight excluding hydrogens is 322 g/mol. The zero-order valence-corrected chi connectivity index (χ0v) is 13.3. The second kappa shape index (κ2) is 7.26. The predicted octanol–water partition coefficient (Wildman–Crippen LogP) is 1.60. The molecule has 0 saturated carbocycles. The number of aromatic nitrogens is 3. The van der Waals surface area contributed by atoms with Crippen LogP contribution in [0.5, 0.6) is 5.88 Å². The van der Waals surface area contributed by atoms with Crippen molar-refractivity contribution < 1.29 is 9.53 Å². The molecule has 126 valence electrons. The highest BCUT2D eigenvalue weighted by molar-refractivity contribution is 5.94. The van der Waals surface area contributed by atoms with E-state index >= 15 is 0 Å². The second-order valence-corrected chi connectivity index (χ2v) is 4.98. The van der Waals surface area contributed by atoms with Crippen LogP contribution in [0.15, 0.2) is 59.5 Å². The monoisotopic (exact) mass is 337 g/mol. The van der Waals surface area contributed by atoms with Crippen LogP contribution < -0.4 is 21.1 Å². The van der Waals surface area contributed by atoms with E-state index in [4.69, 9.17) is 4.74 Å². The third-order valence-corrected chi connectivity index (χ3v) is 3.37. The summed E-state index contributed by atoms with van der Waals surface area (Å²) in [6.45, 7) is 0. The summed E-state index contributed by atoms with van der Waals surface area (Å²) in [6.07, 6.45) is 1.47. The van der Waals surface area contributed by atoms with Gasteiger partial charge in [0.05, 0.1) is 7.11 Å². The maximum atomic E-state index is 12.2. The van der Waals surface area contributed by atoms with Crippen molar-refractivity contribution in [2.75, 3.05) is 12.5 Å². The number of hydrogen-bond donors (Lipinski definition) is 3. The molecule has 2 heterocycles. The van der Waals surface area contributed by atoms with Gasteiger partial charge in [0.15, 0.2) is 0 Å². The van der Waals surface area contributed by atoms with Gasteiger partial charge in [-0.05, 0) is 17.7 Å². The van der Waals surface area contributed by atoms with Crippen LogP contribution >= 0.6 is 0 Å². The molecule has 3 rings (SSSR count). The number of ether oxygens (including phenoxy) is 1. The number of hydrazine groups is 1. The van der Waals surface area contributed by atoms with Crippen LogP contribution in [0.2, 0.25) is 0 Å². The molecule has 3 aromatic rings. The van der Waals surface area contributed by atoms with Gasteiger partial charge >= 0.3 is 0 Å². The fourth-order valence-electron chi connectivity index (χ4n) is 2.13. The maximum Gasteiger partial charge on any atom is 0.275 e. The molecule has 0 atom stereocenters. The van der Waals surface area contributed by atoms with E-state index in [2.05, 4.69) is 25.8 Å². The van der Waals surface area contributed by atoms with Crippen molar-refractivity contribution in [1.29, 1.82) is 0 Å². The molecule has 3 N–H and O–H groups in total. The molecule has 1 amide bonds. The second-order valence-electron chi connectivity index (χ2n) is 4.98. The standard InChI is InChI=1S/C17H15N5O3/c1-25-14-9-10-18-17(20-14)22-21-16(24)12-7-8-13(19-15(12)23)11-5-3-2-4-6-11/h2-10H,1H3,(H,19,23)(H,21,24)(H,18,20,22). The smallest absolute Gasteiger partial charge is 0.275 e. The average molecular weight is 337 g/mol. The van der Waals surface area contributed by atoms with Gasteiger partial charge in [0.2, 0.25) is 11.8 Å². The van der Waals surface area contributed by atoms with E-state index in [0.29, 0.717) is 11.6 Å². The fourth-order valence-corrected chi connectivity index (χ4v) is 2.13. The highest BCUT2D eigenvalue weighted by Crippen LogP contribution is 2.14. The normalized spacial score (nSPS) is 10.1. The first-order valence-electron chi connectivity index (χ1n) is 7.39. The molecule has 0 aliphatic carbocycles. The largest absolute Gasteiger partial charge is 0.481 e. The third-order valence-electron chi connectivity index (χ3n) is 3.37. The molecule has 1 aromatic carbocycles. The van der Waals surface area contributed by atoms with E-state index in [-0.39, 0.29) is 11.5 Å². The highest BCUT2D eigenvalue weighted by atomic mass is 16.5. The van der Waals surface area contributed by atoms with Crippen molar-refractivity contribution in [1.82, 2.24) is 20.4 Å². The molecule has 0 saturated heterocycles. The Bertz CT molecular complexity index is 940. The number of hydrogen-bond acceptors (Lipinski definition) is 6. The number of aromatic amines is 1. The minimum Gasteiger partial charge on any atom is -0.481 e. The van der Waals surface area contributed by atoms with Crippen LogP contribution in [0.1, 0.15) is 10.4 Å². The molecule has 0 unspecified atom stereocenters. The van der Waals surface area contributed by atoms with Gasteiger partial charge in [-0.25, -0.2) is 4.98 Å². The Hall–Kier alpha value is -3.68. The van der Waals surface area contributed by atoms with Gasteiger partial charge in [-0.3, -0.25) is 20.4 Å². The Morgan fingerprint density at radius 1 is 1.12 bits per heavy atom. The van der Waals surface area contributed by atoms with Crippen molar-refractivity contribution in [3.05, 3.63) is 70.6 Å². The lowest BCUT2D eigenvalue weighted by atomic mass is 10.1. The SMILES string of the molecule is COc1ccnc(NNC(=O)c2ccc(-c3ccccc3)[nH]c2=O)n1. The summed E-state index contributed by atoms with van der Waals surface area (Å²) >= 11 is 0. The molecule has 0 aliphatic rings. The van der Waals surface area contributed by atoms with Gasteiger partial charge in [0.1, 0.15) is 5.56 Å². The maximum absolute atomic E-state index is 12.2. The summed E-state index contributed by atoms with van der Waals surface area (Å²) in [7, 11) is 1.47. The first kappa shape index (κ1) is 16.2. The number of carbonyl (C=O) groups excluding carboxylic acids is 1. The zero-order valence-electron chi connectivity index (χ0n) is 13.3. The van der Waals surface area contributed by atoms with E-state index in [0.717, 1.165) is 5.56 Å². The predicted molar refractivity (Wildman–Crippen MR) is 92.2 cm³/mol. The molecule has 0 aliphatic heterocycles. The Morgan fingerprint density at radius 2 is 1.92 bits per heavy atom. The van der Waals surface area contributed by atoms with Gasteiger partial charge in [0.25, 0.3) is 11.5 Å². The average Bonchev–Trinajstić information content (AvgIpc) is 2.67. The Morgan fingerprint density at radius 3 is 2.64 bits per heavy atom. The first-order valence-corrected chi connectivity index (χ1v) is 7.39. The van der Waals surface area contributed by atoms with Crippen LogP contribution in [0.4, 0.5) is 5.95 Å². The quantitative estimate of drug-likeness (QED) is 0.610. The molecule has 8 nitrogen and oxygen atoms in total.